The second-order valence-electron chi connectivity index (χ2n) is 6.41. The predicted octanol–water partition coefficient (Wildman–Crippen LogP) is 3.23. The molecular weight excluding hydrogens is 292 g/mol. The number of allylic oxidation sites excluding steroid dienone is 2. The monoisotopic (exact) mass is 310 g/mol. The lowest BCUT2D eigenvalue weighted by molar-refractivity contribution is -0.117. The van der Waals surface area contributed by atoms with Gasteiger partial charge in [0.2, 0.25) is 0 Å². The van der Waals surface area contributed by atoms with Gasteiger partial charge in [-0.2, -0.15) is 5.10 Å². The number of benzene rings is 1. The lowest BCUT2D eigenvalue weighted by Crippen LogP contribution is -2.26. The first-order valence-corrected chi connectivity index (χ1v) is 7.40. The number of fused-ring (bicyclic) bond motifs is 1. The fourth-order valence-corrected chi connectivity index (χ4v) is 2.70. The fourth-order valence-electron chi connectivity index (χ4n) is 2.70. The fraction of sp³-hybridized carbons (Fsp3) is 0.294. The summed E-state index contributed by atoms with van der Waals surface area (Å²) >= 11 is 0. The Balaban J connectivity index is 1.82. The molecule has 0 saturated carbocycles. The van der Waals surface area contributed by atoms with Gasteiger partial charge in [0.15, 0.2) is 11.6 Å². The smallest absolute Gasteiger partial charge is 0.168 e. The van der Waals surface area contributed by atoms with Gasteiger partial charge >= 0.3 is 0 Å². The number of anilines is 1. The average molecular weight is 310 g/mol. The quantitative estimate of drug-likeness (QED) is 0.671. The second-order valence-corrected chi connectivity index (χ2v) is 6.41. The molecule has 1 aliphatic carbocycles. The van der Waals surface area contributed by atoms with E-state index in [-0.39, 0.29) is 22.5 Å². The summed E-state index contributed by atoms with van der Waals surface area (Å²) in [6.07, 6.45) is 3.68. The zero-order chi connectivity index (χ0) is 16.4. The van der Waals surface area contributed by atoms with Crippen LogP contribution < -0.4 is 5.43 Å². The molecule has 2 aromatic rings. The van der Waals surface area contributed by atoms with E-state index >= 15 is 0 Å². The highest BCUT2D eigenvalue weighted by atomic mass is 16.3. The summed E-state index contributed by atoms with van der Waals surface area (Å²) in [6.45, 7) is 3.92. The molecule has 0 radical (unpaired) electrons. The van der Waals surface area contributed by atoms with Crippen molar-refractivity contribution in [3.8, 4) is 0 Å². The third kappa shape index (κ3) is 3.21. The van der Waals surface area contributed by atoms with Crippen LogP contribution in [0.25, 0.3) is 10.9 Å². The highest BCUT2D eigenvalue weighted by Crippen LogP contribution is 2.35. The Morgan fingerprint density at radius 3 is 2.83 bits per heavy atom. The molecule has 6 heteroatoms. The number of rotatable bonds is 3. The minimum atomic E-state index is -0.213. The molecule has 2 N–H and O–H groups in total. The molecule has 118 valence electrons. The molecule has 1 aliphatic rings. The largest absolute Gasteiger partial charge is 0.511 e. The third-order valence-electron chi connectivity index (χ3n) is 3.80. The number of hydrogen-bond acceptors (Lipinski definition) is 6. The molecule has 0 fully saturated rings. The maximum atomic E-state index is 12.1. The molecule has 0 amide bonds. The molecule has 0 aliphatic heterocycles. The molecule has 0 atom stereocenters. The van der Waals surface area contributed by atoms with Gasteiger partial charge in [-0.3, -0.25) is 10.2 Å². The molecule has 1 heterocycles. The predicted molar refractivity (Wildman–Crippen MR) is 89.3 cm³/mol. The Kier molecular flexibility index (Phi) is 3.82. The number of carbonyl (C=O) groups excluding carboxylic acids is 1. The number of nitrogens with one attached hydrogen (secondary N) is 1. The van der Waals surface area contributed by atoms with Crippen molar-refractivity contribution in [3.63, 3.8) is 0 Å². The Morgan fingerprint density at radius 2 is 2.04 bits per heavy atom. The molecule has 1 aromatic heterocycles. The minimum absolute atomic E-state index is 0.0874. The molecule has 0 bridgehead atoms. The van der Waals surface area contributed by atoms with E-state index in [4.69, 9.17) is 0 Å². The first-order chi connectivity index (χ1) is 11.0. The Hall–Kier alpha value is -2.76. The zero-order valence-electron chi connectivity index (χ0n) is 13.1. The Labute approximate surface area is 134 Å². The van der Waals surface area contributed by atoms with E-state index in [9.17, 15) is 9.90 Å². The van der Waals surface area contributed by atoms with Crippen LogP contribution in [0.1, 0.15) is 26.7 Å². The van der Waals surface area contributed by atoms with Gasteiger partial charge in [-0.1, -0.05) is 26.0 Å². The summed E-state index contributed by atoms with van der Waals surface area (Å²) < 4.78 is 0. The number of para-hydroxylation sites is 1. The number of aliphatic hydroxyl groups is 1. The molecule has 1 aromatic carbocycles. The molecule has 0 unspecified atom stereocenters. The maximum absolute atomic E-state index is 12.1. The first kappa shape index (κ1) is 15.1. The molecular formula is C17H18N4O2. The number of aromatic nitrogens is 2. The number of hydrazone groups is 1. The Morgan fingerprint density at radius 1 is 1.26 bits per heavy atom. The van der Waals surface area contributed by atoms with Crippen LogP contribution in [0.4, 0.5) is 5.82 Å². The number of aliphatic hydroxyl groups excluding tert-OH is 1. The van der Waals surface area contributed by atoms with Crippen LogP contribution in [-0.4, -0.2) is 27.1 Å². The number of nitrogens with zero attached hydrogens (tertiary/aromatic N) is 3. The number of hydrogen-bond donors (Lipinski definition) is 2. The number of ketones is 1. The van der Waals surface area contributed by atoms with Crippen molar-refractivity contribution in [2.45, 2.75) is 26.7 Å². The normalized spacial score (nSPS) is 17.9. The van der Waals surface area contributed by atoms with Crippen LogP contribution >= 0.6 is 0 Å². The van der Waals surface area contributed by atoms with Gasteiger partial charge in [-0.05, 0) is 17.5 Å². The van der Waals surface area contributed by atoms with Gasteiger partial charge < -0.3 is 5.11 Å². The summed E-state index contributed by atoms with van der Waals surface area (Å²) in [5, 5.41) is 15.0. The van der Waals surface area contributed by atoms with Crippen molar-refractivity contribution < 1.29 is 9.90 Å². The average Bonchev–Trinajstić information content (AvgIpc) is 2.49. The van der Waals surface area contributed by atoms with E-state index in [1.54, 1.807) is 0 Å². The van der Waals surface area contributed by atoms with Gasteiger partial charge in [0.1, 0.15) is 12.1 Å². The summed E-state index contributed by atoms with van der Waals surface area (Å²) in [5.41, 5.74) is 3.67. The highest BCUT2D eigenvalue weighted by Gasteiger charge is 2.32. The van der Waals surface area contributed by atoms with Gasteiger partial charge in [-0.25, -0.2) is 9.97 Å². The van der Waals surface area contributed by atoms with Crippen molar-refractivity contribution in [2.24, 2.45) is 10.5 Å². The van der Waals surface area contributed by atoms with E-state index in [1.807, 2.05) is 38.1 Å². The van der Waals surface area contributed by atoms with E-state index < -0.39 is 0 Å². The van der Waals surface area contributed by atoms with E-state index in [0.29, 0.717) is 18.7 Å². The van der Waals surface area contributed by atoms with Crippen molar-refractivity contribution in [3.05, 3.63) is 41.9 Å². The van der Waals surface area contributed by atoms with Crippen molar-refractivity contribution in [1.82, 2.24) is 9.97 Å². The third-order valence-corrected chi connectivity index (χ3v) is 3.80. The highest BCUT2D eigenvalue weighted by molar-refractivity contribution is 6.14. The first-order valence-electron chi connectivity index (χ1n) is 7.40. The van der Waals surface area contributed by atoms with E-state index in [0.717, 1.165) is 10.9 Å². The topological polar surface area (TPSA) is 87.5 Å². The van der Waals surface area contributed by atoms with Crippen LogP contribution in [0, 0.1) is 5.41 Å². The minimum Gasteiger partial charge on any atom is -0.511 e. The summed E-state index contributed by atoms with van der Waals surface area (Å²) in [6, 6.07) is 7.56. The van der Waals surface area contributed by atoms with Crippen molar-refractivity contribution in [2.75, 3.05) is 5.43 Å². The lowest BCUT2D eigenvalue weighted by atomic mass is 9.77. The van der Waals surface area contributed by atoms with Crippen LogP contribution in [0.5, 0.6) is 0 Å². The SMILES string of the molecule is CC1(C)CC(=O)C(C=NNc2ncnc3ccccc23)=C(O)C1. The molecule has 6 nitrogen and oxygen atoms in total. The lowest BCUT2D eigenvalue weighted by Gasteiger charge is -2.28. The zero-order valence-corrected chi connectivity index (χ0v) is 13.1. The number of carbonyl (C=O) groups is 1. The standard InChI is InChI=1S/C17H18N4O2/c1-17(2)7-14(22)12(15(23)8-17)9-20-21-16-11-5-3-4-6-13(11)18-10-19-16/h3-6,9-10,22H,7-8H2,1-2H3,(H,18,19,21). The molecule has 3 rings (SSSR count). The summed E-state index contributed by atoms with van der Waals surface area (Å²) in [4.78, 5) is 20.4. The van der Waals surface area contributed by atoms with Crippen LogP contribution in [0.15, 0.2) is 47.0 Å². The summed E-state index contributed by atoms with van der Waals surface area (Å²) in [7, 11) is 0. The Bertz CT molecular complexity index is 819. The van der Waals surface area contributed by atoms with Gasteiger partial charge in [-0.15, -0.1) is 0 Å². The van der Waals surface area contributed by atoms with Crippen LogP contribution in [-0.2, 0) is 4.79 Å². The molecule has 0 saturated heterocycles. The van der Waals surface area contributed by atoms with Gasteiger partial charge in [0.25, 0.3) is 0 Å². The molecule has 23 heavy (non-hydrogen) atoms. The van der Waals surface area contributed by atoms with Gasteiger partial charge in [0.05, 0.1) is 17.3 Å². The van der Waals surface area contributed by atoms with Crippen molar-refractivity contribution >= 4 is 28.7 Å². The molecule has 0 spiro atoms. The maximum Gasteiger partial charge on any atom is 0.168 e. The van der Waals surface area contributed by atoms with Crippen LogP contribution in [0.3, 0.4) is 0 Å². The van der Waals surface area contributed by atoms with Crippen molar-refractivity contribution in [1.29, 1.82) is 0 Å². The van der Waals surface area contributed by atoms with E-state index in [2.05, 4.69) is 20.5 Å². The van der Waals surface area contributed by atoms with Gasteiger partial charge in [0, 0.05) is 18.2 Å². The van der Waals surface area contributed by atoms with E-state index in [1.165, 1.54) is 12.5 Å². The summed E-state index contributed by atoms with van der Waals surface area (Å²) in [5.74, 6) is 0.539. The number of Topliss-reactive ketones (excluding diaryl/α,β-unsaturated/α-hetero) is 1. The second kappa shape index (κ2) is 5.79. The van der Waals surface area contributed by atoms with Crippen LogP contribution in [0.2, 0.25) is 0 Å².